The minimum atomic E-state index is -4.66. The number of alkyl halides is 3. The van der Waals surface area contributed by atoms with Gasteiger partial charge in [-0.3, -0.25) is 4.79 Å². The van der Waals surface area contributed by atoms with E-state index in [1.807, 2.05) is 5.32 Å². The molecule has 0 saturated carbocycles. The maximum Gasteiger partial charge on any atom is 0.412 e. The van der Waals surface area contributed by atoms with Gasteiger partial charge in [-0.25, -0.2) is 4.79 Å². The second-order valence-corrected chi connectivity index (χ2v) is 5.54. The van der Waals surface area contributed by atoms with Gasteiger partial charge < -0.3 is 15.5 Å². The van der Waals surface area contributed by atoms with Gasteiger partial charge in [-0.15, -0.1) is 0 Å². The quantitative estimate of drug-likeness (QED) is 0.877. The Labute approximate surface area is 135 Å². The Balaban J connectivity index is 2.07. The van der Waals surface area contributed by atoms with Crippen LogP contribution in [0.1, 0.15) is 18.0 Å². The van der Waals surface area contributed by atoms with E-state index in [1.165, 1.54) is 29.2 Å². The number of rotatable bonds is 4. The third-order valence-electron chi connectivity index (χ3n) is 3.34. The van der Waals surface area contributed by atoms with Crippen LogP contribution in [0.3, 0.4) is 0 Å². The van der Waals surface area contributed by atoms with Gasteiger partial charge in [0, 0.05) is 18.1 Å². The van der Waals surface area contributed by atoms with E-state index in [4.69, 9.17) is 11.6 Å². The Bertz CT molecular complexity index is 578. The van der Waals surface area contributed by atoms with Crippen molar-refractivity contribution in [3.05, 3.63) is 34.9 Å². The molecule has 0 spiro atoms. The Morgan fingerprint density at radius 3 is 2.57 bits per heavy atom. The van der Waals surface area contributed by atoms with Crippen molar-refractivity contribution < 1.29 is 22.8 Å². The standard InChI is InChI=1S/C14H15ClF3N3O2/c15-10-4-2-9(3-5-10)12(14(16,17)18)20-11(22)8-21-7-1-6-19-13(21)23/h2-5,12H,1,6-8H2,(H,19,23)(H,20,22). The average Bonchev–Trinajstić information content (AvgIpc) is 2.47. The summed E-state index contributed by atoms with van der Waals surface area (Å²) in [7, 11) is 0. The van der Waals surface area contributed by atoms with Crippen molar-refractivity contribution >= 4 is 23.5 Å². The molecular weight excluding hydrogens is 335 g/mol. The fraction of sp³-hybridized carbons (Fsp3) is 0.429. The summed E-state index contributed by atoms with van der Waals surface area (Å²) in [4.78, 5) is 24.6. The number of carbonyl (C=O) groups excluding carboxylic acids is 2. The summed E-state index contributed by atoms with van der Waals surface area (Å²) in [5.74, 6) is -0.876. The van der Waals surface area contributed by atoms with Crippen LogP contribution in [0.15, 0.2) is 24.3 Å². The van der Waals surface area contributed by atoms with Crippen LogP contribution < -0.4 is 10.6 Å². The molecule has 5 nitrogen and oxygen atoms in total. The van der Waals surface area contributed by atoms with Gasteiger partial charge in [-0.2, -0.15) is 13.2 Å². The number of hydrogen-bond acceptors (Lipinski definition) is 2. The number of amides is 3. The van der Waals surface area contributed by atoms with Crippen LogP contribution in [-0.4, -0.2) is 42.6 Å². The van der Waals surface area contributed by atoms with Crippen molar-refractivity contribution in [3.8, 4) is 0 Å². The van der Waals surface area contributed by atoms with Gasteiger partial charge in [0.15, 0.2) is 6.04 Å². The SMILES string of the molecule is O=C(CN1CCCNC1=O)NC(c1ccc(Cl)cc1)C(F)(F)F. The number of halogens is 4. The first-order valence-corrected chi connectivity index (χ1v) is 7.29. The molecule has 1 saturated heterocycles. The number of hydrogen-bond donors (Lipinski definition) is 2. The molecule has 1 unspecified atom stereocenters. The fourth-order valence-electron chi connectivity index (χ4n) is 2.22. The van der Waals surface area contributed by atoms with Crippen molar-refractivity contribution in [1.82, 2.24) is 15.5 Å². The molecule has 1 heterocycles. The van der Waals surface area contributed by atoms with E-state index in [0.29, 0.717) is 24.5 Å². The number of nitrogens with zero attached hydrogens (tertiary/aromatic N) is 1. The van der Waals surface area contributed by atoms with E-state index in [2.05, 4.69) is 5.32 Å². The summed E-state index contributed by atoms with van der Waals surface area (Å²) in [5.41, 5.74) is -0.127. The molecule has 2 rings (SSSR count). The Morgan fingerprint density at radius 1 is 1.35 bits per heavy atom. The molecule has 23 heavy (non-hydrogen) atoms. The molecule has 0 aliphatic carbocycles. The maximum atomic E-state index is 13.2. The third kappa shape index (κ3) is 4.75. The van der Waals surface area contributed by atoms with Crippen LogP contribution in [0.2, 0.25) is 5.02 Å². The van der Waals surface area contributed by atoms with Crippen LogP contribution >= 0.6 is 11.6 Å². The van der Waals surface area contributed by atoms with Gasteiger partial charge in [0.05, 0.1) is 0 Å². The highest BCUT2D eigenvalue weighted by atomic mass is 35.5. The molecule has 126 valence electrons. The fourth-order valence-corrected chi connectivity index (χ4v) is 2.34. The van der Waals surface area contributed by atoms with E-state index in [-0.39, 0.29) is 5.56 Å². The average molecular weight is 350 g/mol. The predicted octanol–water partition coefficient (Wildman–Crippen LogP) is 2.47. The lowest BCUT2D eigenvalue weighted by Crippen LogP contribution is -2.51. The van der Waals surface area contributed by atoms with Gasteiger partial charge in [0.25, 0.3) is 0 Å². The summed E-state index contributed by atoms with van der Waals surface area (Å²) in [6.07, 6.45) is -4.02. The summed E-state index contributed by atoms with van der Waals surface area (Å²) >= 11 is 5.66. The molecule has 1 fully saturated rings. The lowest BCUT2D eigenvalue weighted by Gasteiger charge is -2.28. The Kier molecular flexibility index (Phi) is 5.35. The smallest absolute Gasteiger partial charge is 0.339 e. The molecule has 0 bridgehead atoms. The molecule has 2 N–H and O–H groups in total. The van der Waals surface area contributed by atoms with Crippen LogP contribution in [-0.2, 0) is 4.79 Å². The first-order chi connectivity index (χ1) is 10.8. The molecule has 9 heteroatoms. The summed E-state index contributed by atoms with van der Waals surface area (Å²) < 4.78 is 39.5. The van der Waals surface area contributed by atoms with E-state index in [9.17, 15) is 22.8 Å². The van der Waals surface area contributed by atoms with E-state index in [1.54, 1.807) is 0 Å². The van der Waals surface area contributed by atoms with Gasteiger partial charge in [-0.05, 0) is 24.1 Å². The minimum Gasteiger partial charge on any atom is -0.339 e. The maximum absolute atomic E-state index is 13.2. The molecular formula is C14H15ClF3N3O2. The third-order valence-corrected chi connectivity index (χ3v) is 3.59. The van der Waals surface area contributed by atoms with Gasteiger partial charge in [-0.1, -0.05) is 23.7 Å². The molecule has 0 aromatic heterocycles. The van der Waals surface area contributed by atoms with Crippen molar-refractivity contribution in [2.75, 3.05) is 19.6 Å². The van der Waals surface area contributed by atoms with Crippen LogP contribution in [0.5, 0.6) is 0 Å². The normalized spacial score (nSPS) is 16.7. The zero-order valence-corrected chi connectivity index (χ0v) is 12.7. The monoisotopic (exact) mass is 349 g/mol. The zero-order valence-electron chi connectivity index (χ0n) is 12.0. The summed E-state index contributed by atoms with van der Waals surface area (Å²) in [6.45, 7) is 0.399. The Morgan fingerprint density at radius 2 is 2.00 bits per heavy atom. The van der Waals surface area contributed by atoms with E-state index < -0.39 is 30.7 Å². The minimum absolute atomic E-state index is 0.127. The summed E-state index contributed by atoms with van der Waals surface area (Å²) in [6, 6.07) is 2.43. The van der Waals surface area contributed by atoms with Gasteiger partial charge in [0.2, 0.25) is 5.91 Å². The lowest BCUT2D eigenvalue weighted by atomic mass is 10.1. The summed E-state index contributed by atoms with van der Waals surface area (Å²) in [5, 5.41) is 4.76. The lowest BCUT2D eigenvalue weighted by molar-refractivity contribution is -0.163. The van der Waals surface area contributed by atoms with Crippen molar-refractivity contribution in [2.24, 2.45) is 0 Å². The van der Waals surface area contributed by atoms with Crippen LogP contribution in [0.4, 0.5) is 18.0 Å². The largest absolute Gasteiger partial charge is 0.412 e. The van der Waals surface area contributed by atoms with E-state index >= 15 is 0 Å². The second kappa shape index (κ2) is 7.08. The molecule has 3 amide bonds. The predicted molar refractivity (Wildman–Crippen MR) is 78.0 cm³/mol. The highest BCUT2D eigenvalue weighted by molar-refractivity contribution is 6.30. The molecule has 1 aliphatic heterocycles. The van der Waals surface area contributed by atoms with Crippen molar-refractivity contribution in [1.29, 1.82) is 0 Å². The zero-order chi connectivity index (χ0) is 17.0. The number of nitrogens with one attached hydrogen (secondary N) is 2. The second-order valence-electron chi connectivity index (χ2n) is 5.10. The molecule has 1 atom stereocenters. The molecule has 1 aromatic carbocycles. The van der Waals surface area contributed by atoms with Crippen molar-refractivity contribution in [2.45, 2.75) is 18.6 Å². The number of carbonyl (C=O) groups is 2. The van der Waals surface area contributed by atoms with Crippen molar-refractivity contribution in [3.63, 3.8) is 0 Å². The number of urea groups is 1. The molecule has 0 radical (unpaired) electrons. The first-order valence-electron chi connectivity index (χ1n) is 6.91. The van der Waals surface area contributed by atoms with Crippen LogP contribution in [0, 0.1) is 0 Å². The highest BCUT2D eigenvalue weighted by Gasteiger charge is 2.42. The van der Waals surface area contributed by atoms with E-state index in [0.717, 1.165) is 0 Å². The van der Waals surface area contributed by atoms with Gasteiger partial charge in [0.1, 0.15) is 6.54 Å². The Hall–Kier alpha value is -1.96. The number of benzene rings is 1. The van der Waals surface area contributed by atoms with Crippen LogP contribution in [0.25, 0.3) is 0 Å². The van der Waals surface area contributed by atoms with Gasteiger partial charge >= 0.3 is 12.2 Å². The highest BCUT2D eigenvalue weighted by Crippen LogP contribution is 2.33. The molecule has 1 aromatic rings. The topological polar surface area (TPSA) is 61.4 Å². The first kappa shape index (κ1) is 17.4. The molecule has 1 aliphatic rings.